The van der Waals surface area contributed by atoms with Crippen molar-refractivity contribution >= 4 is 17.0 Å². The number of nitrogen functional groups attached to an aromatic ring is 1. The zero-order chi connectivity index (χ0) is 21.8. The number of rotatable bonds is 7. The van der Waals surface area contributed by atoms with Crippen molar-refractivity contribution in [2.24, 2.45) is 0 Å². The molecule has 0 amide bonds. The molecule has 3 heterocycles. The second-order valence-corrected chi connectivity index (χ2v) is 8.35. The number of aromatic amines is 1. The first kappa shape index (κ1) is 20.6. The predicted molar refractivity (Wildman–Crippen MR) is 125 cm³/mol. The van der Waals surface area contributed by atoms with Gasteiger partial charge < -0.3 is 15.8 Å². The Morgan fingerprint density at radius 1 is 1.03 bits per heavy atom. The predicted octanol–water partition coefficient (Wildman–Crippen LogP) is 3.97. The number of hydrogen-bond donors (Lipinski definition) is 3. The molecule has 32 heavy (non-hydrogen) atoms. The minimum Gasteiger partial charge on any atom is -0.384 e. The van der Waals surface area contributed by atoms with E-state index >= 15 is 0 Å². The second-order valence-electron chi connectivity index (χ2n) is 8.35. The van der Waals surface area contributed by atoms with Crippen LogP contribution in [-0.2, 0) is 4.74 Å². The van der Waals surface area contributed by atoms with Gasteiger partial charge in [0.05, 0.1) is 12.7 Å². The molecule has 0 spiro atoms. The summed E-state index contributed by atoms with van der Waals surface area (Å²) in [7, 11) is 0. The fraction of sp³-hybridized carbons (Fsp3) is 0.320. The molecule has 1 aliphatic heterocycles. The Bertz CT molecular complexity index is 1140. The maximum Gasteiger partial charge on any atom is 0.203 e. The summed E-state index contributed by atoms with van der Waals surface area (Å²) in [5, 5.41) is 14.9. The highest BCUT2D eigenvalue weighted by Crippen LogP contribution is 2.33. The van der Waals surface area contributed by atoms with E-state index < -0.39 is 0 Å². The Labute approximate surface area is 187 Å². The van der Waals surface area contributed by atoms with E-state index in [4.69, 9.17) is 10.5 Å². The van der Waals surface area contributed by atoms with E-state index in [2.05, 4.69) is 74.2 Å². The van der Waals surface area contributed by atoms with Gasteiger partial charge in [0.25, 0.3) is 0 Å². The zero-order valence-corrected chi connectivity index (χ0v) is 17.9. The molecule has 0 aliphatic carbocycles. The number of anilines is 1. The van der Waals surface area contributed by atoms with Crippen LogP contribution in [0.3, 0.4) is 0 Å². The molecule has 0 bridgehead atoms. The van der Waals surface area contributed by atoms with Crippen LogP contribution in [0.5, 0.6) is 0 Å². The molecule has 0 saturated carbocycles. The maximum absolute atomic E-state index is 6.16. The molecule has 1 saturated heterocycles. The van der Waals surface area contributed by atoms with Gasteiger partial charge in [-0.2, -0.15) is 10.3 Å². The SMILES string of the molecule is Nc1cc(C(CCN[C@@H]2CC[C@@H](c3ccccc3)OC2)c2ccccc2)c2n[nH]nc2n1. The Morgan fingerprint density at radius 3 is 2.56 bits per heavy atom. The van der Waals surface area contributed by atoms with Gasteiger partial charge in [-0.15, -0.1) is 5.10 Å². The third kappa shape index (κ3) is 4.49. The molecule has 0 radical (unpaired) electrons. The van der Waals surface area contributed by atoms with Crippen LogP contribution in [0, 0.1) is 0 Å². The fourth-order valence-electron chi connectivity index (χ4n) is 4.61. The fourth-order valence-corrected chi connectivity index (χ4v) is 4.61. The summed E-state index contributed by atoms with van der Waals surface area (Å²) in [6.07, 6.45) is 3.25. The molecule has 164 valence electrons. The first-order valence-corrected chi connectivity index (χ1v) is 11.2. The van der Waals surface area contributed by atoms with E-state index in [9.17, 15) is 0 Å². The van der Waals surface area contributed by atoms with E-state index in [-0.39, 0.29) is 12.0 Å². The van der Waals surface area contributed by atoms with Crippen molar-refractivity contribution in [3.05, 3.63) is 83.4 Å². The van der Waals surface area contributed by atoms with E-state index in [1.165, 1.54) is 11.1 Å². The third-order valence-electron chi connectivity index (χ3n) is 6.23. The van der Waals surface area contributed by atoms with E-state index in [1.54, 1.807) is 0 Å². The smallest absolute Gasteiger partial charge is 0.203 e. The zero-order valence-electron chi connectivity index (χ0n) is 17.9. The Morgan fingerprint density at radius 2 is 1.81 bits per heavy atom. The summed E-state index contributed by atoms with van der Waals surface area (Å²) in [4.78, 5) is 4.30. The van der Waals surface area contributed by atoms with Gasteiger partial charge in [0.15, 0.2) is 0 Å². The van der Waals surface area contributed by atoms with Gasteiger partial charge in [-0.05, 0) is 48.6 Å². The molecule has 7 heteroatoms. The van der Waals surface area contributed by atoms with Crippen LogP contribution in [0.2, 0.25) is 0 Å². The molecule has 4 aromatic rings. The average Bonchev–Trinajstić information content (AvgIpc) is 3.31. The average molecular weight is 429 g/mol. The van der Waals surface area contributed by atoms with E-state index in [0.717, 1.165) is 43.5 Å². The van der Waals surface area contributed by atoms with Crippen LogP contribution < -0.4 is 11.1 Å². The molecular formula is C25H28N6O. The summed E-state index contributed by atoms with van der Waals surface area (Å²) < 4.78 is 6.16. The lowest BCUT2D eigenvalue weighted by atomic mass is 9.88. The number of nitrogens with two attached hydrogens (primary N) is 1. The van der Waals surface area contributed by atoms with Crippen molar-refractivity contribution in [2.45, 2.75) is 37.3 Å². The molecule has 3 atom stereocenters. The van der Waals surface area contributed by atoms with Crippen molar-refractivity contribution in [1.82, 2.24) is 25.7 Å². The highest BCUT2D eigenvalue weighted by molar-refractivity contribution is 5.77. The Balaban J connectivity index is 1.26. The minimum absolute atomic E-state index is 0.142. The summed E-state index contributed by atoms with van der Waals surface area (Å²) in [5.41, 5.74) is 11.0. The highest BCUT2D eigenvalue weighted by atomic mass is 16.5. The summed E-state index contributed by atoms with van der Waals surface area (Å²) >= 11 is 0. The second kappa shape index (κ2) is 9.46. The summed E-state index contributed by atoms with van der Waals surface area (Å²) in [6.45, 7) is 1.59. The van der Waals surface area contributed by atoms with Crippen molar-refractivity contribution in [2.75, 3.05) is 18.9 Å². The van der Waals surface area contributed by atoms with Crippen LogP contribution in [0.25, 0.3) is 11.2 Å². The number of aromatic nitrogens is 4. The summed E-state index contributed by atoms with van der Waals surface area (Å²) in [5.74, 6) is 0.603. The third-order valence-corrected chi connectivity index (χ3v) is 6.23. The van der Waals surface area contributed by atoms with Gasteiger partial charge in [-0.25, -0.2) is 4.98 Å². The first-order chi connectivity index (χ1) is 15.8. The lowest BCUT2D eigenvalue weighted by Gasteiger charge is -2.30. The molecule has 2 aromatic heterocycles. The molecule has 1 aliphatic rings. The molecule has 1 unspecified atom stereocenters. The van der Waals surface area contributed by atoms with Crippen LogP contribution >= 0.6 is 0 Å². The molecule has 7 nitrogen and oxygen atoms in total. The number of H-pyrrole nitrogens is 1. The quantitative estimate of drug-likeness (QED) is 0.412. The number of ether oxygens (including phenoxy) is 1. The molecular weight excluding hydrogens is 400 g/mol. The van der Waals surface area contributed by atoms with Gasteiger partial charge in [0, 0.05) is 12.0 Å². The number of nitrogens with one attached hydrogen (secondary N) is 2. The molecule has 1 fully saturated rings. The molecule has 2 aromatic carbocycles. The van der Waals surface area contributed by atoms with Gasteiger partial charge >= 0.3 is 0 Å². The minimum atomic E-state index is 0.142. The number of nitrogens with zero attached hydrogens (tertiary/aromatic N) is 3. The van der Waals surface area contributed by atoms with Gasteiger partial charge in [-0.3, -0.25) is 0 Å². The van der Waals surface area contributed by atoms with Gasteiger partial charge in [-0.1, -0.05) is 60.7 Å². The summed E-state index contributed by atoms with van der Waals surface area (Å²) in [6, 6.07) is 23.3. The van der Waals surface area contributed by atoms with Crippen molar-refractivity contribution < 1.29 is 4.74 Å². The van der Waals surface area contributed by atoms with Gasteiger partial charge in [0.2, 0.25) is 5.65 Å². The number of hydrogen-bond acceptors (Lipinski definition) is 6. The monoisotopic (exact) mass is 428 g/mol. The standard InChI is InChI=1S/C25H28N6O/c26-23-15-21(24-25(28-23)30-31-29-24)20(17-7-3-1-4-8-17)13-14-27-19-11-12-22(32-16-19)18-9-5-2-6-10-18/h1-10,15,19-20,22,27H,11-14,16H2,(H3,26,28,29,30,31)/t19-,20?,22+/m1/s1. The number of benzene rings is 2. The molecule has 4 N–H and O–H groups in total. The lowest BCUT2D eigenvalue weighted by molar-refractivity contribution is -0.00398. The van der Waals surface area contributed by atoms with E-state index in [0.29, 0.717) is 17.5 Å². The number of pyridine rings is 1. The Hall–Kier alpha value is -3.29. The van der Waals surface area contributed by atoms with Crippen molar-refractivity contribution in [1.29, 1.82) is 0 Å². The van der Waals surface area contributed by atoms with Crippen LogP contribution in [0.1, 0.15) is 48.0 Å². The maximum atomic E-state index is 6.16. The lowest BCUT2D eigenvalue weighted by Crippen LogP contribution is -2.38. The van der Waals surface area contributed by atoms with Crippen molar-refractivity contribution in [3.8, 4) is 0 Å². The van der Waals surface area contributed by atoms with Gasteiger partial charge in [0.1, 0.15) is 11.3 Å². The van der Waals surface area contributed by atoms with E-state index in [1.807, 2.05) is 18.2 Å². The first-order valence-electron chi connectivity index (χ1n) is 11.2. The van der Waals surface area contributed by atoms with Crippen LogP contribution in [0.15, 0.2) is 66.7 Å². The van der Waals surface area contributed by atoms with Crippen molar-refractivity contribution in [3.63, 3.8) is 0 Å². The Kier molecular flexibility index (Phi) is 6.09. The normalized spacial score (nSPS) is 19.8. The topological polar surface area (TPSA) is 102 Å². The number of fused-ring (bicyclic) bond motifs is 1. The highest BCUT2D eigenvalue weighted by Gasteiger charge is 2.24. The van der Waals surface area contributed by atoms with Crippen LogP contribution in [-0.4, -0.2) is 39.6 Å². The van der Waals surface area contributed by atoms with Crippen LogP contribution in [0.4, 0.5) is 5.82 Å². The largest absolute Gasteiger partial charge is 0.384 e. The molecule has 5 rings (SSSR count).